The second-order valence-electron chi connectivity index (χ2n) is 5.07. The molecule has 0 atom stereocenters. The summed E-state index contributed by atoms with van der Waals surface area (Å²) in [5, 5.41) is -0.0837. The van der Waals surface area contributed by atoms with Gasteiger partial charge in [-0.2, -0.15) is 13.2 Å². The van der Waals surface area contributed by atoms with Crippen molar-refractivity contribution in [3.8, 4) is 0 Å². The van der Waals surface area contributed by atoms with E-state index in [1.54, 1.807) is 20.8 Å². The van der Waals surface area contributed by atoms with Crippen LogP contribution in [-0.2, 0) is 15.7 Å². The number of rotatable bonds is 2. The van der Waals surface area contributed by atoms with Crippen molar-refractivity contribution in [1.29, 1.82) is 0 Å². The van der Waals surface area contributed by atoms with Gasteiger partial charge >= 0.3 is 12.1 Å². The summed E-state index contributed by atoms with van der Waals surface area (Å²) < 4.78 is 43.4. The van der Waals surface area contributed by atoms with Crippen LogP contribution < -0.4 is 0 Å². The summed E-state index contributed by atoms with van der Waals surface area (Å²) in [7, 11) is 0. The first-order valence-corrected chi connectivity index (χ1v) is 6.15. The number of hydrogen-bond acceptors (Lipinski definition) is 2. The van der Waals surface area contributed by atoms with E-state index in [-0.39, 0.29) is 10.6 Å². The third-order valence-corrected chi connectivity index (χ3v) is 2.48. The molecule has 0 aliphatic heterocycles. The number of benzene rings is 1. The summed E-state index contributed by atoms with van der Waals surface area (Å²) in [5.74, 6) is -0.731. The van der Waals surface area contributed by atoms with Crippen LogP contribution in [0.1, 0.15) is 31.9 Å². The molecule has 0 radical (unpaired) electrons. The van der Waals surface area contributed by atoms with Gasteiger partial charge in [0.05, 0.1) is 5.56 Å². The fourth-order valence-corrected chi connectivity index (χ4v) is 1.68. The monoisotopic (exact) mass is 306 g/mol. The lowest BCUT2D eigenvalue weighted by atomic mass is 10.1. The van der Waals surface area contributed by atoms with E-state index in [9.17, 15) is 18.0 Å². The maximum atomic E-state index is 12.8. The number of ether oxygens (including phenoxy) is 1. The highest BCUT2D eigenvalue weighted by Crippen LogP contribution is 2.35. The lowest BCUT2D eigenvalue weighted by Crippen LogP contribution is -2.22. The number of carbonyl (C=O) groups is 1. The molecule has 1 rings (SSSR count). The predicted molar refractivity (Wildman–Crippen MR) is 71.3 cm³/mol. The quantitative estimate of drug-likeness (QED) is 0.584. The summed E-state index contributed by atoms with van der Waals surface area (Å²) in [6.45, 7) is 4.99. The third kappa shape index (κ3) is 4.89. The Bertz CT molecular complexity index is 528. The molecule has 6 heteroatoms. The van der Waals surface area contributed by atoms with E-state index in [0.29, 0.717) is 0 Å². The Morgan fingerprint density at radius 1 is 1.25 bits per heavy atom. The van der Waals surface area contributed by atoms with Crippen LogP contribution in [0.4, 0.5) is 13.2 Å². The number of halogens is 4. The van der Waals surface area contributed by atoms with Crippen LogP contribution in [0.3, 0.4) is 0 Å². The molecule has 20 heavy (non-hydrogen) atoms. The molecule has 0 heterocycles. The minimum Gasteiger partial charge on any atom is -0.457 e. The van der Waals surface area contributed by atoms with Crippen molar-refractivity contribution in [2.75, 3.05) is 0 Å². The van der Waals surface area contributed by atoms with E-state index in [1.807, 2.05) is 0 Å². The zero-order valence-electron chi connectivity index (χ0n) is 11.2. The van der Waals surface area contributed by atoms with Crippen molar-refractivity contribution in [3.05, 3.63) is 40.4 Å². The van der Waals surface area contributed by atoms with E-state index >= 15 is 0 Å². The molecule has 0 amide bonds. The highest BCUT2D eigenvalue weighted by molar-refractivity contribution is 6.32. The maximum absolute atomic E-state index is 12.8. The molecule has 0 aliphatic rings. The number of alkyl halides is 3. The number of esters is 1. The summed E-state index contributed by atoms with van der Waals surface area (Å²) in [5.41, 5.74) is -1.87. The standard InChI is InChI=1S/C14H14ClF3O2/c1-13(2,3)20-12(19)8-7-9-10(14(16,17)18)5-4-6-11(9)15/h4-8H,1-3H3/b8-7+. The first-order chi connectivity index (χ1) is 9.00. The smallest absolute Gasteiger partial charge is 0.417 e. The van der Waals surface area contributed by atoms with Gasteiger partial charge in [0.15, 0.2) is 0 Å². The second kappa shape index (κ2) is 5.87. The maximum Gasteiger partial charge on any atom is 0.417 e. The van der Waals surface area contributed by atoms with Gasteiger partial charge in [0.25, 0.3) is 0 Å². The Labute approximate surface area is 120 Å². The Morgan fingerprint density at radius 2 is 1.85 bits per heavy atom. The SMILES string of the molecule is CC(C)(C)OC(=O)/C=C/c1c(Cl)cccc1C(F)(F)F. The van der Waals surface area contributed by atoms with Crippen molar-refractivity contribution < 1.29 is 22.7 Å². The highest BCUT2D eigenvalue weighted by Gasteiger charge is 2.33. The Kier molecular flexibility index (Phi) is 4.86. The van der Waals surface area contributed by atoms with Gasteiger partial charge in [0, 0.05) is 16.7 Å². The van der Waals surface area contributed by atoms with Gasteiger partial charge in [-0.1, -0.05) is 17.7 Å². The van der Waals surface area contributed by atoms with Crippen LogP contribution in [0.2, 0.25) is 5.02 Å². The molecule has 1 aromatic carbocycles. The van der Waals surface area contributed by atoms with Crippen LogP contribution >= 0.6 is 11.6 Å². The molecule has 0 unspecified atom stereocenters. The number of carbonyl (C=O) groups excluding carboxylic acids is 1. The topological polar surface area (TPSA) is 26.3 Å². The summed E-state index contributed by atoms with van der Waals surface area (Å²) in [6, 6.07) is 3.43. The number of hydrogen-bond donors (Lipinski definition) is 0. The van der Waals surface area contributed by atoms with Crippen LogP contribution in [0.5, 0.6) is 0 Å². The van der Waals surface area contributed by atoms with Crippen molar-refractivity contribution in [2.24, 2.45) is 0 Å². The van der Waals surface area contributed by atoms with Crippen LogP contribution in [0.15, 0.2) is 24.3 Å². The van der Waals surface area contributed by atoms with Crippen LogP contribution in [0, 0.1) is 0 Å². The van der Waals surface area contributed by atoms with E-state index < -0.39 is 23.3 Å². The molecule has 0 aromatic heterocycles. The zero-order valence-corrected chi connectivity index (χ0v) is 12.0. The largest absolute Gasteiger partial charge is 0.457 e. The van der Waals surface area contributed by atoms with Gasteiger partial charge in [-0.15, -0.1) is 0 Å². The molecule has 0 spiro atoms. The Hall–Kier alpha value is -1.49. The van der Waals surface area contributed by atoms with E-state index in [2.05, 4.69) is 0 Å². The zero-order chi connectivity index (χ0) is 15.6. The molecular weight excluding hydrogens is 293 g/mol. The Morgan fingerprint density at radius 3 is 2.35 bits per heavy atom. The van der Waals surface area contributed by atoms with Crippen molar-refractivity contribution in [3.63, 3.8) is 0 Å². The molecule has 0 N–H and O–H groups in total. The van der Waals surface area contributed by atoms with Crippen molar-refractivity contribution >= 4 is 23.6 Å². The molecule has 110 valence electrons. The molecular formula is C14H14ClF3O2. The minimum atomic E-state index is -4.54. The second-order valence-corrected chi connectivity index (χ2v) is 5.47. The first-order valence-electron chi connectivity index (χ1n) is 5.77. The normalized spacial score (nSPS) is 12.8. The predicted octanol–water partition coefficient (Wildman–Crippen LogP) is 4.71. The third-order valence-electron chi connectivity index (χ3n) is 2.15. The lowest BCUT2D eigenvalue weighted by molar-refractivity contribution is -0.148. The van der Waals surface area contributed by atoms with E-state index in [4.69, 9.17) is 16.3 Å². The van der Waals surface area contributed by atoms with Gasteiger partial charge in [-0.3, -0.25) is 0 Å². The fraction of sp³-hybridized carbons (Fsp3) is 0.357. The average molecular weight is 307 g/mol. The molecule has 0 bridgehead atoms. The molecule has 0 fully saturated rings. The lowest BCUT2D eigenvalue weighted by Gasteiger charge is -2.18. The van der Waals surface area contributed by atoms with Gasteiger partial charge in [-0.05, 0) is 39.0 Å². The van der Waals surface area contributed by atoms with Crippen molar-refractivity contribution in [1.82, 2.24) is 0 Å². The van der Waals surface area contributed by atoms with Gasteiger partial charge in [-0.25, -0.2) is 4.79 Å². The summed E-state index contributed by atoms with van der Waals surface area (Å²) in [6.07, 6.45) is -2.60. The highest BCUT2D eigenvalue weighted by atomic mass is 35.5. The van der Waals surface area contributed by atoms with Gasteiger partial charge in [0.1, 0.15) is 5.60 Å². The van der Waals surface area contributed by atoms with E-state index in [0.717, 1.165) is 18.2 Å². The van der Waals surface area contributed by atoms with Crippen LogP contribution in [0.25, 0.3) is 6.08 Å². The molecule has 0 saturated heterocycles. The first kappa shape index (κ1) is 16.6. The molecule has 0 saturated carbocycles. The van der Waals surface area contributed by atoms with Gasteiger partial charge in [0.2, 0.25) is 0 Å². The minimum absolute atomic E-state index is 0.0837. The molecule has 2 nitrogen and oxygen atoms in total. The fourth-order valence-electron chi connectivity index (χ4n) is 1.44. The molecule has 1 aromatic rings. The summed E-state index contributed by atoms with van der Waals surface area (Å²) in [4.78, 5) is 11.5. The van der Waals surface area contributed by atoms with Gasteiger partial charge < -0.3 is 4.74 Å². The average Bonchev–Trinajstić information content (AvgIpc) is 2.23. The van der Waals surface area contributed by atoms with E-state index in [1.165, 1.54) is 12.1 Å². The summed E-state index contributed by atoms with van der Waals surface area (Å²) >= 11 is 5.75. The van der Waals surface area contributed by atoms with Crippen molar-refractivity contribution in [2.45, 2.75) is 32.5 Å². The molecule has 0 aliphatic carbocycles. The Balaban J connectivity index is 3.06. The van der Waals surface area contributed by atoms with Crippen LogP contribution in [-0.4, -0.2) is 11.6 Å².